The summed E-state index contributed by atoms with van der Waals surface area (Å²) in [6.45, 7) is 8.70. The average Bonchev–Trinajstić information content (AvgIpc) is 2.74. The molecule has 21 heavy (non-hydrogen) atoms. The minimum absolute atomic E-state index is 0.0451. The minimum Gasteiger partial charge on any atom is -0.381 e. The molecule has 0 aliphatic carbocycles. The molecule has 2 rings (SSSR count). The Morgan fingerprint density at radius 2 is 2.00 bits per heavy atom. The lowest BCUT2D eigenvalue weighted by atomic mass is 10.2. The van der Waals surface area contributed by atoms with Crippen LogP contribution in [0.15, 0.2) is 18.2 Å². The minimum atomic E-state index is -0.350. The number of halogens is 1. The van der Waals surface area contributed by atoms with E-state index >= 15 is 0 Å². The molecule has 2 N–H and O–H groups in total. The zero-order valence-corrected chi connectivity index (χ0v) is 13.1. The molecule has 0 radical (unpaired) electrons. The molecule has 5 heteroatoms. The highest BCUT2D eigenvalue weighted by Crippen LogP contribution is 2.28. The van der Waals surface area contributed by atoms with Crippen LogP contribution in [0, 0.1) is 5.82 Å². The van der Waals surface area contributed by atoms with E-state index in [0.717, 1.165) is 6.54 Å². The molecular formula is C16H24FN3O. The number of nitrogens with zero attached hydrogens (tertiary/aromatic N) is 1. The molecule has 1 saturated heterocycles. The van der Waals surface area contributed by atoms with Gasteiger partial charge in [0.1, 0.15) is 11.9 Å². The number of rotatable bonds is 5. The van der Waals surface area contributed by atoms with Crippen LogP contribution in [0.5, 0.6) is 0 Å². The number of benzene rings is 1. The first-order valence-electron chi connectivity index (χ1n) is 7.52. The lowest BCUT2D eigenvalue weighted by Crippen LogP contribution is -2.37. The SMILES string of the molecule is CC(C)Nc1cccc(F)c1NC1CCN(C(C)C)C1=O. The van der Waals surface area contributed by atoms with Crippen LogP contribution in [0.1, 0.15) is 34.1 Å². The summed E-state index contributed by atoms with van der Waals surface area (Å²) in [5.41, 5.74) is 1.08. The fourth-order valence-corrected chi connectivity index (χ4v) is 2.62. The molecule has 0 spiro atoms. The fraction of sp³-hybridized carbons (Fsp3) is 0.562. The number of likely N-dealkylation sites (tertiary alicyclic amines) is 1. The number of anilines is 2. The Balaban J connectivity index is 2.18. The molecule has 1 aliphatic rings. The molecule has 1 unspecified atom stereocenters. The highest BCUT2D eigenvalue weighted by molar-refractivity contribution is 5.88. The number of carbonyl (C=O) groups is 1. The van der Waals surface area contributed by atoms with Gasteiger partial charge in [0, 0.05) is 18.6 Å². The molecule has 4 nitrogen and oxygen atoms in total. The molecule has 116 valence electrons. The summed E-state index contributed by atoms with van der Waals surface area (Å²) >= 11 is 0. The van der Waals surface area contributed by atoms with Crippen LogP contribution in [0.25, 0.3) is 0 Å². The Labute approximate surface area is 125 Å². The summed E-state index contributed by atoms with van der Waals surface area (Å²) in [6, 6.07) is 4.93. The molecule has 1 amide bonds. The predicted octanol–water partition coefficient (Wildman–Crippen LogP) is 3.07. The van der Waals surface area contributed by atoms with Crippen molar-refractivity contribution in [2.75, 3.05) is 17.2 Å². The maximum atomic E-state index is 14.1. The molecule has 1 atom stereocenters. The topological polar surface area (TPSA) is 44.4 Å². The highest BCUT2D eigenvalue weighted by Gasteiger charge is 2.33. The van der Waals surface area contributed by atoms with Gasteiger partial charge in [-0.25, -0.2) is 4.39 Å². The van der Waals surface area contributed by atoms with E-state index in [1.807, 2.05) is 38.7 Å². The van der Waals surface area contributed by atoms with E-state index in [2.05, 4.69) is 10.6 Å². The molecule has 0 saturated carbocycles. The van der Waals surface area contributed by atoms with Crippen LogP contribution in [-0.4, -0.2) is 35.5 Å². The van der Waals surface area contributed by atoms with Crippen LogP contribution < -0.4 is 10.6 Å². The summed E-state index contributed by atoms with van der Waals surface area (Å²) in [6.07, 6.45) is 0.701. The van der Waals surface area contributed by atoms with Crippen molar-refractivity contribution in [3.05, 3.63) is 24.0 Å². The van der Waals surface area contributed by atoms with Gasteiger partial charge in [0.25, 0.3) is 0 Å². The van der Waals surface area contributed by atoms with Gasteiger partial charge in [0.15, 0.2) is 0 Å². The maximum absolute atomic E-state index is 14.1. The Hall–Kier alpha value is -1.78. The third-order valence-electron chi connectivity index (χ3n) is 3.64. The number of carbonyl (C=O) groups excluding carboxylic acids is 1. The van der Waals surface area contributed by atoms with Crippen LogP contribution in [-0.2, 0) is 4.79 Å². The predicted molar refractivity (Wildman–Crippen MR) is 84.0 cm³/mol. The van der Waals surface area contributed by atoms with E-state index in [1.54, 1.807) is 6.07 Å². The van der Waals surface area contributed by atoms with Crippen LogP contribution in [0.3, 0.4) is 0 Å². The third kappa shape index (κ3) is 3.46. The van der Waals surface area contributed by atoms with Crippen molar-refractivity contribution < 1.29 is 9.18 Å². The summed E-state index contributed by atoms with van der Waals surface area (Å²) < 4.78 is 14.1. The molecule has 0 bridgehead atoms. The van der Waals surface area contributed by atoms with Gasteiger partial charge in [0.05, 0.1) is 11.4 Å². The molecule has 1 heterocycles. The zero-order valence-electron chi connectivity index (χ0n) is 13.1. The van der Waals surface area contributed by atoms with Gasteiger partial charge in [-0.1, -0.05) is 6.07 Å². The first-order valence-corrected chi connectivity index (χ1v) is 7.52. The van der Waals surface area contributed by atoms with Crippen molar-refractivity contribution in [3.63, 3.8) is 0 Å². The molecule has 1 aromatic carbocycles. The van der Waals surface area contributed by atoms with Crippen molar-refractivity contribution >= 4 is 17.3 Å². The summed E-state index contributed by atoms with van der Waals surface area (Å²) in [7, 11) is 0. The lowest BCUT2D eigenvalue weighted by molar-refractivity contribution is -0.129. The van der Waals surface area contributed by atoms with Crippen molar-refractivity contribution in [2.45, 2.75) is 52.2 Å². The molecule has 1 aliphatic heterocycles. The second-order valence-corrected chi connectivity index (χ2v) is 6.07. The third-order valence-corrected chi connectivity index (χ3v) is 3.64. The summed E-state index contributed by atoms with van der Waals surface area (Å²) in [5, 5.41) is 6.30. The second-order valence-electron chi connectivity index (χ2n) is 6.07. The van der Waals surface area contributed by atoms with E-state index < -0.39 is 0 Å². The van der Waals surface area contributed by atoms with E-state index in [-0.39, 0.29) is 29.8 Å². The normalized spacial score (nSPS) is 18.7. The Morgan fingerprint density at radius 1 is 1.29 bits per heavy atom. The molecular weight excluding hydrogens is 269 g/mol. The highest BCUT2D eigenvalue weighted by atomic mass is 19.1. The van der Waals surface area contributed by atoms with Crippen LogP contribution >= 0.6 is 0 Å². The molecule has 0 aromatic heterocycles. The standard InChI is InChI=1S/C16H24FN3O/c1-10(2)18-13-7-5-6-12(17)15(13)19-14-8-9-20(11(3)4)16(14)21/h5-7,10-11,14,18-19H,8-9H2,1-4H3. The Kier molecular flexibility index (Phi) is 4.70. The quantitative estimate of drug-likeness (QED) is 0.877. The van der Waals surface area contributed by atoms with Crippen LogP contribution in [0.4, 0.5) is 15.8 Å². The van der Waals surface area contributed by atoms with E-state index in [1.165, 1.54) is 6.07 Å². The van der Waals surface area contributed by atoms with Gasteiger partial charge in [0.2, 0.25) is 5.91 Å². The molecule has 1 fully saturated rings. The number of nitrogens with one attached hydrogen (secondary N) is 2. The van der Waals surface area contributed by atoms with Gasteiger partial charge < -0.3 is 15.5 Å². The van der Waals surface area contributed by atoms with Gasteiger partial charge in [-0.2, -0.15) is 0 Å². The summed E-state index contributed by atoms with van der Waals surface area (Å²) in [5.74, 6) is -0.291. The van der Waals surface area contributed by atoms with Crippen molar-refractivity contribution in [1.82, 2.24) is 4.90 Å². The average molecular weight is 293 g/mol. The van der Waals surface area contributed by atoms with Gasteiger partial charge in [-0.05, 0) is 46.2 Å². The van der Waals surface area contributed by atoms with Crippen molar-refractivity contribution in [3.8, 4) is 0 Å². The van der Waals surface area contributed by atoms with Gasteiger partial charge in [-0.15, -0.1) is 0 Å². The van der Waals surface area contributed by atoms with Crippen molar-refractivity contribution in [1.29, 1.82) is 0 Å². The first kappa shape index (κ1) is 15.6. The maximum Gasteiger partial charge on any atom is 0.245 e. The summed E-state index contributed by atoms with van der Waals surface area (Å²) in [4.78, 5) is 14.1. The van der Waals surface area contributed by atoms with Crippen molar-refractivity contribution in [2.24, 2.45) is 0 Å². The largest absolute Gasteiger partial charge is 0.381 e. The smallest absolute Gasteiger partial charge is 0.245 e. The monoisotopic (exact) mass is 293 g/mol. The van der Waals surface area contributed by atoms with Gasteiger partial charge >= 0.3 is 0 Å². The molecule has 1 aromatic rings. The second kappa shape index (κ2) is 6.33. The van der Waals surface area contributed by atoms with E-state index in [4.69, 9.17) is 0 Å². The number of hydrogen-bond acceptors (Lipinski definition) is 3. The number of hydrogen-bond donors (Lipinski definition) is 2. The zero-order chi connectivity index (χ0) is 15.6. The first-order chi connectivity index (χ1) is 9.90. The number of para-hydroxylation sites is 1. The number of amides is 1. The van der Waals surface area contributed by atoms with Crippen LogP contribution in [0.2, 0.25) is 0 Å². The Bertz CT molecular complexity index is 516. The van der Waals surface area contributed by atoms with E-state index in [0.29, 0.717) is 17.8 Å². The lowest BCUT2D eigenvalue weighted by Gasteiger charge is -2.22. The fourth-order valence-electron chi connectivity index (χ4n) is 2.62. The van der Waals surface area contributed by atoms with Gasteiger partial charge in [-0.3, -0.25) is 4.79 Å². The van der Waals surface area contributed by atoms with E-state index in [9.17, 15) is 9.18 Å². The Morgan fingerprint density at radius 3 is 2.57 bits per heavy atom.